The van der Waals surface area contributed by atoms with Gasteiger partial charge in [-0.15, -0.1) is 0 Å². The monoisotopic (exact) mass is 349 g/mol. The highest BCUT2D eigenvalue weighted by Crippen LogP contribution is 2.27. The molecule has 2 heterocycles. The Morgan fingerprint density at radius 1 is 1.30 bits per heavy atom. The van der Waals surface area contributed by atoms with Gasteiger partial charge in [-0.25, -0.2) is 13.2 Å². The molecule has 1 N–H and O–H groups in total. The van der Waals surface area contributed by atoms with Gasteiger partial charge in [-0.1, -0.05) is 23.7 Å². The van der Waals surface area contributed by atoms with Crippen LogP contribution in [0.5, 0.6) is 0 Å². The van der Waals surface area contributed by atoms with Gasteiger partial charge < -0.3 is 0 Å². The number of nitrogens with one attached hydrogen (secondary N) is 1. The molecule has 23 heavy (non-hydrogen) atoms. The summed E-state index contributed by atoms with van der Waals surface area (Å²) in [4.78, 5) is 18.1. The SMILES string of the molecule is CS(=O)(=O)c1nc2c(-c3ccc(Cl)cc3)c(C#N)nn2c(=O)[nH]1. The van der Waals surface area contributed by atoms with Crippen LogP contribution in [0.3, 0.4) is 0 Å². The quantitative estimate of drug-likeness (QED) is 0.737. The van der Waals surface area contributed by atoms with Crippen LogP contribution in [-0.4, -0.2) is 34.3 Å². The maximum Gasteiger partial charge on any atom is 0.350 e. The lowest BCUT2D eigenvalue weighted by Crippen LogP contribution is -2.22. The summed E-state index contributed by atoms with van der Waals surface area (Å²) in [5.74, 6) is 0. The molecule has 3 rings (SSSR count). The smallest absolute Gasteiger partial charge is 0.281 e. The number of nitrogens with zero attached hydrogens (tertiary/aromatic N) is 4. The number of H-pyrrole nitrogens is 1. The Hall–Kier alpha value is -2.70. The summed E-state index contributed by atoms with van der Waals surface area (Å²) in [6.07, 6.45) is 0.922. The van der Waals surface area contributed by atoms with Gasteiger partial charge in [0.15, 0.2) is 11.3 Å². The van der Waals surface area contributed by atoms with Gasteiger partial charge in [0, 0.05) is 11.3 Å². The van der Waals surface area contributed by atoms with Crippen LogP contribution < -0.4 is 5.69 Å². The number of sulfone groups is 1. The highest BCUT2D eigenvalue weighted by atomic mass is 35.5. The zero-order valence-electron chi connectivity index (χ0n) is 11.6. The molecule has 0 saturated carbocycles. The maximum absolute atomic E-state index is 12.0. The lowest BCUT2D eigenvalue weighted by molar-refractivity contribution is 0.590. The summed E-state index contributed by atoms with van der Waals surface area (Å²) in [6.45, 7) is 0. The third kappa shape index (κ3) is 2.58. The Morgan fingerprint density at radius 3 is 2.52 bits per heavy atom. The molecule has 0 aliphatic carbocycles. The zero-order valence-corrected chi connectivity index (χ0v) is 13.2. The second-order valence-corrected chi connectivity index (χ2v) is 7.06. The molecule has 3 aromatic rings. The van der Waals surface area contributed by atoms with E-state index in [0.29, 0.717) is 10.6 Å². The first-order valence-corrected chi connectivity index (χ1v) is 8.47. The fraction of sp³-hybridized carbons (Fsp3) is 0.0769. The van der Waals surface area contributed by atoms with Crippen LogP contribution in [0.15, 0.2) is 34.2 Å². The van der Waals surface area contributed by atoms with E-state index in [9.17, 15) is 18.5 Å². The zero-order chi connectivity index (χ0) is 16.8. The van der Waals surface area contributed by atoms with Crippen molar-refractivity contribution in [3.05, 3.63) is 45.5 Å². The van der Waals surface area contributed by atoms with Gasteiger partial charge in [-0.05, 0) is 17.7 Å². The lowest BCUT2D eigenvalue weighted by atomic mass is 10.1. The molecular formula is C13H8ClN5O3S. The largest absolute Gasteiger partial charge is 0.350 e. The lowest BCUT2D eigenvalue weighted by Gasteiger charge is -2.01. The topological polar surface area (TPSA) is 121 Å². The highest BCUT2D eigenvalue weighted by Gasteiger charge is 2.21. The molecular weight excluding hydrogens is 342 g/mol. The average molecular weight is 350 g/mol. The third-order valence-electron chi connectivity index (χ3n) is 3.06. The second-order valence-electron chi connectivity index (χ2n) is 4.70. The Balaban J connectivity index is 2.45. The predicted octanol–water partition coefficient (Wildman–Crippen LogP) is 1.01. The third-order valence-corrected chi connectivity index (χ3v) is 4.21. The predicted molar refractivity (Wildman–Crippen MR) is 81.9 cm³/mol. The molecule has 0 spiro atoms. The number of hydrogen-bond donors (Lipinski definition) is 1. The summed E-state index contributed by atoms with van der Waals surface area (Å²) in [5, 5.41) is 13.1. The molecule has 0 unspecified atom stereocenters. The molecule has 0 aliphatic heterocycles. The molecule has 1 aromatic carbocycles. The van der Waals surface area contributed by atoms with Crippen molar-refractivity contribution in [2.24, 2.45) is 0 Å². The van der Waals surface area contributed by atoms with Crippen molar-refractivity contribution in [1.29, 1.82) is 5.26 Å². The number of fused-ring (bicyclic) bond motifs is 1. The molecule has 0 aliphatic rings. The van der Waals surface area contributed by atoms with Crippen LogP contribution in [0.4, 0.5) is 0 Å². The van der Waals surface area contributed by atoms with Gasteiger partial charge in [-0.2, -0.15) is 19.9 Å². The van der Waals surface area contributed by atoms with Gasteiger partial charge >= 0.3 is 5.69 Å². The second kappa shape index (κ2) is 5.19. The van der Waals surface area contributed by atoms with Gasteiger partial charge in [0.25, 0.3) is 0 Å². The summed E-state index contributed by atoms with van der Waals surface area (Å²) in [5.41, 5.74) is -0.0603. The minimum absolute atomic E-state index is 0.0203. The Morgan fingerprint density at radius 2 is 1.96 bits per heavy atom. The Bertz CT molecular complexity index is 1120. The molecule has 0 atom stereocenters. The number of halogens is 1. The van der Waals surface area contributed by atoms with Crippen molar-refractivity contribution in [2.45, 2.75) is 5.16 Å². The molecule has 0 bridgehead atoms. The van der Waals surface area contributed by atoms with E-state index in [-0.39, 0.29) is 16.9 Å². The summed E-state index contributed by atoms with van der Waals surface area (Å²) >= 11 is 5.84. The summed E-state index contributed by atoms with van der Waals surface area (Å²) in [7, 11) is -3.73. The number of nitriles is 1. The standard InChI is InChI=1S/C13H8ClN5O3S/c1-23(21,22)12-16-11-10(7-2-4-8(14)5-3-7)9(6-15)18-19(11)13(20)17-12/h2-5H,1H3,(H,16,17,20). The van der Waals surface area contributed by atoms with Crippen LogP contribution in [0.2, 0.25) is 5.02 Å². The molecule has 116 valence electrons. The molecule has 10 heteroatoms. The molecule has 8 nitrogen and oxygen atoms in total. The van der Waals surface area contributed by atoms with E-state index in [4.69, 9.17) is 11.6 Å². The Labute approximate surface area is 134 Å². The van der Waals surface area contributed by atoms with Crippen LogP contribution in [0.1, 0.15) is 5.69 Å². The van der Waals surface area contributed by atoms with E-state index in [1.165, 1.54) is 0 Å². The highest BCUT2D eigenvalue weighted by molar-refractivity contribution is 7.90. The van der Waals surface area contributed by atoms with E-state index in [1.54, 1.807) is 24.3 Å². The molecule has 0 saturated heterocycles. The average Bonchev–Trinajstić information content (AvgIpc) is 2.86. The van der Waals surface area contributed by atoms with Crippen LogP contribution in [0.25, 0.3) is 16.8 Å². The van der Waals surface area contributed by atoms with Crippen LogP contribution in [0, 0.1) is 11.3 Å². The molecule has 2 aromatic heterocycles. The van der Waals surface area contributed by atoms with Gasteiger partial charge in [0.05, 0.1) is 5.56 Å². The summed E-state index contributed by atoms with van der Waals surface area (Å²) < 4.78 is 24.2. The first kappa shape index (κ1) is 15.2. The van der Waals surface area contributed by atoms with Gasteiger partial charge in [-0.3, -0.25) is 4.98 Å². The van der Waals surface area contributed by atoms with Crippen molar-refractivity contribution < 1.29 is 8.42 Å². The van der Waals surface area contributed by atoms with Gasteiger partial charge in [0.1, 0.15) is 6.07 Å². The van der Waals surface area contributed by atoms with Gasteiger partial charge in [0.2, 0.25) is 15.0 Å². The number of hydrogen-bond acceptors (Lipinski definition) is 6. The van der Waals surface area contributed by atoms with E-state index in [0.717, 1.165) is 10.8 Å². The van der Waals surface area contributed by atoms with E-state index >= 15 is 0 Å². The summed E-state index contributed by atoms with van der Waals surface area (Å²) in [6, 6.07) is 8.34. The normalized spacial score (nSPS) is 11.5. The fourth-order valence-electron chi connectivity index (χ4n) is 2.06. The van der Waals surface area contributed by atoms with Crippen molar-refractivity contribution in [3.63, 3.8) is 0 Å². The van der Waals surface area contributed by atoms with E-state index in [1.807, 2.05) is 6.07 Å². The minimum atomic E-state index is -3.73. The van der Waals surface area contributed by atoms with Crippen LogP contribution >= 0.6 is 11.6 Å². The number of aromatic amines is 1. The Kier molecular flexibility index (Phi) is 3.43. The van der Waals surface area contributed by atoms with Crippen molar-refractivity contribution >= 4 is 27.1 Å². The number of benzene rings is 1. The van der Waals surface area contributed by atoms with E-state index < -0.39 is 20.7 Å². The van der Waals surface area contributed by atoms with Crippen molar-refractivity contribution in [2.75, 3.05) is 6.26 Å². The molecule has 0 radical (unpaired) electrons. The van der Waals surface area contributed by atoms with Crippen LogP contribution in [-0.2, 0) is 9.84 Å². The minimum Gasteiger partial charge on any atom is -0.281 e. The number of aromatic nitrogens is 4. The maximum atomic E-state index is 12.0. The number of rotatable bonds is 2. The fourth-order valence-corrected chi connectivity index (χ4v) is 2.71. The van der Waals surface area contributed by atoms with E-state index in [2.05, 4.69) is 15.1 Å². The first-order valence-electron chi connectivity index (χ1n) is 6.20. The first-order chi connectivity index (χ1) is 10.8. The molecule has 0 amide bonds. The molecule has 0 fully saturated rings. The van der Waals surface area contributed by atoms with Crippen molar-refractivity contribution in [3.8, 4) is 17.2 Å². The van der Waals surface area contributed by atoms with Crippen molar-refractivity contribution in [1.82, 2.24) is 19.6 Å².